The first-order valence-corrected chi connectivity index (χ1v) is 4.93. The lowest BCUT2D eigenvalue weighted by molar-refractivity contribution is -0.133. The lowest BCUT2D eigenvalue weighted by atomic mass is 10.0. The molecule has 1 unspecified atom stereocenters. The van der Waals surface area contributed by atoms with Crippen LogP contribution < -0.4 is 0 Å². The van der Waals surface area contributed by atoms with Gasteiger partial charge in [-0.2, -0.15) is 0 Å². The Hall–Kier alpha value is -2.10. The van der Waals surface area contributed by atoms with Gasteiger partial charge in [0.15, 0.2) is 5.78 Å². The quantitative estimate of drug-likeness (QED) is 0.746. The maximum absolute atomic E-state index is 11.6. The number of hydrogen-bond acceptors (Lipinski definition) is 3. The number of ketones is 1. The summed E-state index contributed by atoms with van der Waals surface area (Å²) < 4.78 is 0. The predicted octanol–water partition coefficient (Wildman–Crippen LogP) is 0.890. The van der Waals surface area contributed by atoms with Crippen molar-refractivity contribution in [2.24, 2.45) is 0 Å². The van der Waals surface area contributed by atoms with Crippen molar-refractivity contribution in [3.8, 4) is 0 Å². The molecule has 1 atom stereocenters. The van der Waals surface area contributed by atoms with Crippen molar-refractivity contribution in [2.75, 3.05) is 6.54 Å². The van der Waals surface area contributed by atoms with E-state index in [1.165, 1.54) is 6.08 Å². The van der Waals surface area contributed by atoms with Crippen LogP contribution in [0.15, 0.2) is 48.2 Å². The van der Waals surface area contributed by atoms with E-state index in [0.29, 0.717) is 5.57 Å². The second-order valence-corrected chi connectivity index (χ2v) is 3.60. The minimum absolute atomic E-state index is 0.0289. The number of hydrogen-bond donors (Lipinski definition) is 1. The lowest BCUT2D eigenvalue weighted by Gasteiger charge is -2.29. The Morgan fingerprint density at radius 3 is 2.88 bits per heavy atom. The molecule has 0 bridgehead atoms. The molecule has 2 rings (SSSR count). The standard InChI is InChI=1S/C12H11NO3/c14-11-6-2-1-5-10(11)13-7-3-4-9(8-13)12(15)16/h1-7,10H,8H2,(H,15,16). The molecule has 0 amide bonds. The molecule has 1 aliphatic heterocycles. The molecule has 0 radical (unpaired) electrons. The zero-order chi connectivity index (χ0) is 11.5. The monoisotopic (exact) mass is 217 g/mol. The zero-order valence-corrected chi connectivity index (χ0v) is 8.54. The van der Waals surface area contributed by atoms with Gasteiger partial charge in [0, 0.05) is 6.20 Å². The van der Waals surface area contributed by atoms with E-state index in [9.17, 15) is 9.59 Å². The van der Waals surface area contributed by atoms with Crippen molar-refractivity contribution in [3.63, 3.8) is 0 Å². The number of aliphatic carboxylic acids is 1. The van der Waals surface area contributed by atoms with Crippen LogP contribution in [-0.4, -0.2) is 34.3 Å². The molecule has 4 heteroatoms. The molecule has 0 saturated heterocycles. The van der Waals surface area contributed by atoms with E-state index in [0.717, 1.165) is 0 Å². The molecule has 0 aromatic rings. The number of rotatable bonds is 2. The van der Waals surface area contributed by atoms with Gasteiger partial charge < -0.3 is 10.0 Å². The largest absolute Gasteiger partial charge is 0.478 e. The third kappa shape index (κ3) is 1.95. The van der Waals surface area contributed by atoms with Crippen LogP contribution in [0.2, 0.25) is 0 Å². The summed E-state index contributed by atoms with van der Waals surface area (Å²) in [5, 5.41) is 8.87. The van der Waals surface area contributed by atoms with Crippen molar-refractivity contribution in [1.29, 1.82) is 0 Å². The first-order valence-electron chi connectivity index (χ1n) is 4.93. The highest BCUT2D eigenvalue weighted by molar-refractivity contribution is 5.97. The van der Waals surface area contributed by atoms with Gasteiger partial charge in [0.05, 0.1) is 12.1 Å². The summed E-state index contributed by atoms with van der Waals surface area (Å²) in [6.07, 6.45) is 11.7. The summed E-state index contributed by atoms with van der Waals surface area (Å²) in [6.45, 7) is 0.250. The van der Waals surface area contributed by atoms with Crippen LogP contribution in [0.25, 0.3) is 0 Å². The minimum atomic E-state index is -0.947. The number of carbonyl (C=O) groups is 2. The van der Waals surface area contributed by atoms with Gasteiger partial charge in [0.1, 0.15) is 6.04 Å². The second kappa shape index (κ2) is 4.18. The third-order valence-electron chi connectivity index (χ3n) is 2.52. The number of nitrogens with zero attached hydrogens (tertiary/aromatic N) is 1. The van der Waals surface area contributed by atoms with Crippen LogP contribution in [0.1, 0.15) is 0 Å². The van der Waals surface area contributed by atoms with Gasteiger partial charge in [-0.3, -0.25) is 4.79 Å². The van der Waals surface area contributed by atoms with Crippen molar-refractivity contribution in [2.45, 2.75) is 6.04 Å². The van der Waals surface area contributed by atoms with Crippen molar-refractivity contribution in [3.05, 3.63) is 48.2 Å². The van der Waals surface area contributed by atoms with Crippen molar-refractivity contribution in [1.82, 2.24) is 4.90 Å². The molecule has 1 heterocycles. The summed E-state index contributed by atoms with van der Waals surface area (Å²) in [7, 11) is 0. The first kappa shape index (κ1) is 10.4. The molecule has 1 aliphatic carbocycles. The Labute approximate surface area is 92.9 Å². The second-order valence-electron chi connectivity index (χ2n) is 3.60. The van der Waals surface area contributed by atoms with Gasteiger partial charge in [0.25, 0.3) is 0 Å². The highest BCUT2D eigenvalue weighted by Gasteiger charge is 2.24. The molecular formula is C12H11NO3. The number of carboxylic acids is 1. The Morgan fingerprint density at radius 2 is 2.19 bits per heavy atom. The molecule has 4 nitrogen and oxygen atoms in total. The van der Waals surface area contributed by atoms with Crippen molar-refractivity contribution >= 4 is 11.8 Å². The molecule has 82 valence electrons. The molecule has 2 aliphatic rings. The van der Waals surface area contributed by atoms with E-state index >= 15 is 0 Å². The van der Waals surface area contributed by atoms with Gasteiger partial charge >= 0.3 is 5.97 Å². The van der Waals surface area contributed by atoms with E-state index < -0.39 is 5.97 Å². The van der Waals surface area contributed by atoms with Crippen LogP contribution in [0, 0.1) is 0 Å². The Bertz CT molecular complexity index is 443. The number of carboxylic acid groups (broad SMARTS) is 1. The van der Waals surface area contributed by atoms with Crippen LogP contribution >= 0.6 is 0 Å². The van der Waals surface area contributed by atoms with Crippen LogP contribution in [0.3, 0.4) is 0 Å². The van der Waals surface area contributed by atoms with Gasteiger partial charge in [-0.15, -0.1) is 0 Å². The first-order chi connectivity index (χ1) is 7.68. The zero-order valence-electron chi connectivity index (χ0n) is 8.54. The van der Waals surface area contributed by atoms with E-state index in [-0.39, 0.29) is 18.4 Å². The maximum atomic E-state index is 11.6. The van der Waals surface area contributed by atoms with E-state index in [1.807, 2.05) is 0 Å². The normalized spacial score (nSPS) is 23.5. The maximum Gasteiger partial charge on any atom is 0.333 e. The Kier molecular flexibility index (Phi) is 2.72. The SMILES string of the molecule is O=C(O)C1=CC=CN(C2C=CC=CC2=O)C1. The van der Waals surface area contributed by atoms with E-state index in [4.69, 9.17) is 5.11 Å². The summed E-state index contributed by atoms with van der Waals surface area (Å²) in [5.41, 5.74) is 0.290. The van der Waals surface area contributed by atoms with Crippen LogP contribution in [0.5, 0.6) is 0 Å². The fraction of sp³-hybridized carbons (Fsp3) is 0.167. The van der Waals surface area contributed by atoms with Gasteiger partial charge in [-0.1, -0.05) is 18.2 Å². The minimum Gasteiger partial charge on any atom is -0.478 e. The smallest absolute Gasteiger partial charge is 0.333 e. The topological polar surface area (TPSA) is 57.6 Å². The summed E-state index contributed by atoms with van der Waals surface area (Å²) in [6, 6.07) is -0.385. The van der Waals surface area contributed by atoms with E-state index in [1.54, 1.807) is 41.5 Å². The molecule has 0 aromatic carbocycles. The summed E-state index contributed by atoms with van der Waals surface area (Å²) in [5.74, 6) is -0.976. The fourth-order valence-electron chi connectivity index (χ4n) is 1.69. The molecular weight excluding hydrogens is 206 g/mol. The van der Waals surface area contributed by atoms with Crippen LogP contribution in [-0.2, 0) is 9.59 Å². The predicted molar refractivity (Wildman–Crippen MR) is 58.6 cm³/mol. The molecule has 0 fully saturated rings. The Balaban J connectivity index is 2.14. The molecule has 0 aromatic heterocycles. The highest BCUT2D eigenvalue weighted by atomic mass is 16.4. The molecule has 0 spiro atoms. The third-order valence-corrected chi connectivity index (χ3v) is 2.52. The highest BCUT2D eigenvalue weighted by Crippen LogP contribution is 2.15. The molecule has 0 saturated carbocycles. The molecule has 16 heavy (non-hydrogen) atoms. The van der Waals surface area contributed by atoms with Gasteiger partial charge in [-0.25, -0.2) is 4.79 Å². The summed E-state index contributed by atoms with van der Waals surface area (Å²) in [4.78, 5) is 24.1. The van der Waals surface area contributed by atoms with Crippen molar-refractivity contribution < 1.29 is 14.7 Å². The molecule has 1 N–H and O–H groups in total. The summed E-state index contributed by atoms with van der Waals surface area (Å²) >= 11 is 0. The van der Waals surface area contributed by atoms with Gasteiger partial charge in [0.2, 0.25) is 0 Å². The lowest BCUT2D eigenvalue weighted by Crippen LogP contribution is -2.39. The number of carbonyl (C=O) groups excluding carboxylic acids is 1. The number of allylic oxidation sites excluding steroid dienone is 4. The Morgan fingerprint density at radius 1 is 1.38 bits per heavy atom. The average molecular weight is 217 g/mol. The van der Waals surface area contributed by atoms with Crippen LogP contribution in [0.4, 0.5) is 0 Å². The van der Waals surface area contributed by atoms with Gasteiger partial charge in [-0.05, 0) is 18.2 Å². The fourth-order valence-corrected chi connectivity index (χ4v) is 1.69. The average Bonchev–Trinajstić information content (AvgIpc) is 2.30. The van der Waals surface area contributed by atoms with E-state index in [2.05, 4.69) is 0 Å².